The molecule has 1 heterocycles. The van der Waals surface area contributed by atoms with Crippen molar-refractivity contribution >= 4 is 21.6 Å². The highest BCUT2D eigenvalue weighted by Gasteiger charge is 2.32. The zero-order valence-electron chi connectivity index (χ0n) is 15.3. The van der Waals surface area contributed by atoms with Gasteiger partial charge in [-0.15, -0.1) is 0 Å². The Kier molecular flexibility index (Phi) is 5.83. The molecule has 6 nitrogen and oxygen atoms in total. The van der Waals surface area contributed by atoms with E-state index in [0.717, 1.165) is 29.3 Å². The van der Waals surface area contributed by atoms with Crippen LogP contribution >= 0.6 is 0 Å². The molecule has 28 heavy (non-hydrogen) atoms. The first-order chi connectivity index (χ1) is 13.3. The van der Waals surface area contributed by atoms with Gasteiger partial charge in [0, 0.05) is 19.2 Å². The Bertz CT molecular complexity index is 958. The lowest BCUT2D eigenvalue weighted by atomic mass is 10.3. The Balaban J connectivity index is 2.01. The average molecular weight is 410 g/mol. The lowest BCUT2D eigenvalue weighted by Crippen LogP contribution is -2.42. The molecule has 1 amide bonds. The first-order valence-corrected chi connectivity index (χ1v) is 10.2. The van der Waals surface area contributed by atoms with E-state index in [1.165, 1.54) is 19.2 Å². The molecule has 2 aromatic rings. The molecule has 0 atom stereocenters. The van der Waals surface area contributed by atoms with E-state index >= 15 is 0 Å². The summed E-state index contributed by atoms with van der Waals surface area (Å²) in [6.07, 6.45) is 1.71. The number of methoxy groups -OCH3 is 1. The maximum atomic E-state index is 14.2. The maximum Gasteiger partial charge on any atom is 0.267 e. The summed E-state index contributed by atoms with van der Waals surface area (Å²) in [6, 6.07) is 8.24. The molecule has 2 aromatic carbocycles. The molecule has 0 aromatic heterocycles. The smallest absolute Gasteiger partial charge is 0.267 e. The third-order valence-electron chi connectivity index (χ3n) is 4.56. The molecule has 0 unspecified atom stereocenters. The molecular weight excluding hydrogens is 390 g/mol. The van der Waals surface area contributed by atoms with E-state index in [2.05, 4.69) is 0 Å². The summed E-state index contributed by atoms with van der Waals surface area (Å²) < 4.78 is 59.6. The van der Waals surface area contributed by atoms with Crippen molar-refractivity contribution in [1.29, 1.82) is 0 Å². The minimum Gasteiger partial charge on any atom is -0.497 e. The Morgan fingerprint density at radius 1 is 1.11 bits per heavy atom. The Labute approximate surface area is 162 Å². The summed E-state index contributed by atoms with van der Waals surface area (Å²) in [5.74, 6) is -1.98. The van der Waals surface area contributed by atoms with Gasteiger partial charge in [-0.3, -0.25) is 9.10 Å². The fraction of sp³-hybridized carbons (Fsp3) is 0.316. The molecule has 9 heteroatoms. The molecule has 0 radical (unpaired) electrons. The predicted molar refractivity (Wildman–Crippen MR) is 99.7 cm³/mol. The van der Waals surface area contributed by atoms with E-state index in [0.29, 0.717) is 24.9 Å². The molecule has 0 N–H and O–H groups in total. The number of carbonyl (C=O) groups is 1. The lowest BCUT2D eigenvalue weighted by Gasteiger charge is -2.26. The number of anilines is 1. The number of carbonyl (C=O) groups excluding carboxylic acids is 1. The van der Waals surface area contributed by atoms with Crippen molar-refractivity contribution in [1.82, 2.24) is 4.90 Å². The van der Waals surface area contributed by atoms with Gasteiger partial charge >= 0.3 is 0 Å². The quantitative estimate of drug-likeness (QED) is 0.735. The van der Waals surface area contributed by atoms with Gasteiger partial charge in [0.05, 0.1) is 12.8 Å². The van der Waals surface area contributed by atoms with Gasteiger partial charge in [0.25, 0.3) is 10.0 Å². The van der Waals surface area contributed by atoms with E-state index in [1.807, 2.05) is 0 Å². The van der Waals surface area contributed by atoms with Crippen LogP contribution in [0, 0.1) is 11.6 Å². The van der Waals surface area contributed by atoms with Gasteiger partial charge in [-0.2, -0.15) is 0 Å². The fourth-order valence-electron chi connectivity index (χ4n) is 3.06. The van der Waals surface area contributed by atoms with Crippen molar-refractivity contribution in [3.63, 3.8) is 0 Å². The molecule has 1 fully saturated rings. The third-order valence-corrected chi connectivity index (χ3v) is 6.37. The van der Waals surface area contributed by atoms with Gasteiger partial charge in [0.15, 0.2) is 0 Å². The van der Waals surface area contributed by atoms with Crippen LogP contribution < -0.4 is 9.04 Å². The Morgan fingerprint density at radius 3 is 2.32 bits per heavy atom. The molecule has 0 saturated carbocycles. The topological polar surface area (TPSA) is 66.9 Å². The summed E-state index contributed by atoms with van der Waals surface area (Å²) in [5.41, 5.74) is 0.178. The third kappa shape index (κ3) is 4.09. The number of benzene rings is 2. The van der Waals surface area contributed by atoms with Gasteiger partial charge in [-0.05, 0) is 49.2 Å². The minimum atomic E-state index is -4.44. The Morgan fingerprint density at radius 2 is 1.75 bits per heavy atom. The zero-order chi connectivity index (χ0) is 20.3. The van der Waals surface area contributed by atoms with Gasteiger partial charge in [0.1, 0.15) is 28.8 Å². The van der Waals surface area contributed by atoms with E-state index < -0.39 is 33.1 Å². The number of amides is 1. The van der Waals surface area contributed by atoms with Crippen LogP contribution in [0.4, 0.5) is 14.5 Å². The highest BCUT2D eigenvalue weighted by atomic mass is 32.2. The van der Waals surface area contributed by atoms with E-state index in [-0.39, 0.29) is 11.6 Å². The first kappa shape index (κ1) is 20.1. The highest BCUT2D eigenvalue weighted by molar-refractivity contribution is 7.92. The number of sulfonamides is 1. The molecule has 1 saturated heterocycles. The van der Waals surface area contributed by atoms with Crippen molar-refractivity contribution in [2.45, 2.75) is 17.7 Å². The summed E-state index contributed by atoms with van der Waals surface area (Å²) in [7, 11) is -2.98. The van der Waals surface area contributed by atoms with Crippen LogP contribution in [0.25, 0.3) is 0 Å². The van der Waals surface area contributed by atoms with Crippen molar-refractivity contribution in [3.05, 3.63) is 54.1 Å². The second kappa shape index (κ2) is 8.14. The second-order valence-electron chi connectivity index (χ2n) is 6.37. The van der Waals surface area contributed by atoms with Crippen molar-refractivity contribution < 1.29 is 26.7 Å². The molecule has 0 bridgehead atoms. The fourth-order valence-corrected chi connectivity index (χ4v) is 4.52. The number of hydrogen-bond acceptors (Lipinski definition) is 4. The zero-order valence-corrected chi connectivity index (χ0v) is 16.1. The van der Waals surface area contributed by atoms with E-state index in [9.17, 15) is 22.0 Å². The van der Waals surface area contributed by atoms with E-state index in [1.54, 1.807) is 17.0 Å². The summed E-state index contributed by atoms with van der Waals surface area (Å²) >= 11 is 0. The number of rotatable bonds is 6. The number of likely N-dealkylation sites (tertiary alicyclic amines) is 1. The second-order valence-corrected chi connectivity index (χ2v) is 8.20. The maximum absolute atomic E-state index is 14.2. The molecular formula is C19H20F2N2O4S. The summed E-state index contributed by atoms with van der Waals surface area (Å²) in [4.78, 5) is 13.5. The number of hydrogen-bond donors (Lipinski definition) is 0. The molecule has 1 aliphatic heterocycles. The molecule has 150 valence electrons. The molecule has 0 spiro atoms. The minimum absolute atomic E-state index is 0.178. The SMILES string of the molecule is COc1ccc(N(CC(=O)N2CCCC2)S(=O)(=O)c2ccc(F)cc2F)cc1. The van der Waals surface area contributed by atoms with Crippen LogP contribution in [0.1, 0.15) is 12.8 Å². The molecule has 0 aliphatic carbocycles. The molecule has 3 rings (SSSR count). The van der Waals surface area contributed by atoms with Crippen LogP contribution in [0.3, 0.4) is 0 Å². The molecule has 1 aliphatic rings. The van der Waals surface area contributed by atoms with Crippen molar-refractivity contribution in [2.75, 3.05) is 31.0 Å². The highest BCUT2D eigenvalue weighted by Crippen LogP contribution is 2.28. The van der Waals surface area contributed by atoms with Gasteiger partial charge < -0.3 is 9.64 Å². The summed E-state index contributed by atoms with van der Waals surface area (Å²) in [6.45, 7) is 0.631. The normalized spacial score (nSPS) is 14.2. The number of halogens is 2. The van der Waals surface area contributed by atoms with Gasteiger partial charge in [-0.1, -0.05) is 0 Å². The standard InChI is InChI=1S/C19H20F2N2O4S/c1-27-16-7-5-15(6-8-16)23(13-19(24)22-10-2-3-11-22)28(25,26)18-9-4-14(20)12-17(18)21/h4-9,12H,2-3,10-11,13H2,1H3. The summed E-state index contributed by atoms with van der Waals surface area (Å²) in [5, 5.41) is 0. The Hall–Kier alpha value is -2.68. The van der Waals surface area contributed by atoms with Crippen molar-refractivity contribution in [2.24, 2.45) is 0 Å². The van der Waals surface area contributed by atoms with Crippen LogP contribution in [-0.2, 0) is 14.8 Å². The van der Waals surface area contributed by atoms with Crippen LogP contribution in [0.2, 0.25) is 0 Å². The van der Waals surface area contributed by atoms with Crippen LogP contribution in [0.15, 0.2) is 47.4 Å². The van der Waals surface area contributed by atoms with Gasteiger partial charge in [-0.25, -0.2) is 17.2 Å². The monoisotopic (exact) mass is 410 g/mol. The number of ether oxygens (including phenoxy) is 1. The van der Waals surface area contributed by atoms with Crippen molar-refractivity contribution in [3.8, 4) is 5.75 Å². The first-order valence-electron chi connectivity index (χ1n) is 8.72. The average Bonchev–Trinajstić information content (AvgIpc) is 3.20. The predicted octanol–water partition coefficient (Wildman–Crippen LogP) is 2.79. The largest absolute Gasteiger partial charge is 0.497 e. The van der Waals surface area contributed by atoms with E-state index in [4.69, 9.17) is 4.74 Å². The van der Waals surface area contributed by atoms with Gasteiger partial charge in [0.2, 0.25) is 5.91 Å². The number of nitrogens with zero attached hydrogens (tertiary/aromatic N) is 2. The lowest BCUT2D eigenvalue weighted by molar-refractivity contribution is -0.128. The van der Waals surface area contributed by atoms with Crippen LogP contribution in [0.5, 0.6) is 5.75 Å². The van der Waals surface area contributed by atoms with Crippen LogP contribution in [-0.4, -0.2) is 46.0 Å².